The predicted molar refractivity (Wildman–Crippen MR) is 93.3 cm³/mol. The Hall–Kier alpha value is -2.37. The van der Waals surface area contributed by atoms with Gasteiger partial charge in [0.25, 0.3) is 5.91 Å². The van der Waals surface area contributed by atoms with Crippen LogP contribution in [0.5, 0.6) is 0 Å². The lowest BCUT2D eigenvalue weighted by molar-refractivity contribution is 0.0959. The molecule has 0 aliphatic heterocycles. The number of benzene rings is 1. The standard InChI is InChI=1S/C17H13ClN2O2S/c1-11-4-5-12(9-14(11)18)15-7-6-13(22-15)10-19-20-17(21)16-3-2-8-23-16/h2-10H,1H3,(H,20,21)/b19-10+. The fourth-order valence-electron chi connectivity index (χ4n) is 1.94. The van der Waals surface area contributed by atoms with Crippen LogP contribution in [0.15, 0.2) is 57.4 Å². The highest BCUT2D eigenvalue weighted by Gasteiger charge is 2.06. The molecule has 0 aliphatic carbocycles. The van der Waals surface area contributed by atoms with Crippen LogP contribution in [0.2, 0.25) is 5.02 Å². The number of furan rings is 1. The highest BCUT2D eigenvalue weighted by Crippen LogP contribution is 2.26. The minimum absolute atomic E-state index is 0.242. The number of carbonyl (C=O) groups is 1. The number of thiophene rings is 1. The van der Waals surface area contributed by atoms with Crippen LogP contribution in [0.25, 0.3) is 11.3 Å². The third-order valence-corrected chi connectivity index (χ3v) is 4.46. The summed E-state index contributed by atoms with van der Waals surface area (Å²) in [5.74, 6) is 0.995. The summed E-state index contributed by atoms with van der Waals surface area (Å²) < 4.78 is 5.68. The topological polar surface area (TPSA) is 54.6 Å². The van der Waals surface area contributed by atoms with Gasteiger partial charge in [0, 0.05) is 10.6 Å². The molecule has 0 radical (unpaired) electrons. The fourth-order valence-corrected chi connectivity index (χ4v) is 2.73. The van der Waals surface area contributed by atoms with Crippen LogP contribution in [0.1, 0.15) is 21.0 Å². The lowest BCUT2D eigenvalue weighted by Crippen LogP contribution is -2.15. The Morgan fingerprint density at radius 1 is 1.30 bits per heavy atom. The lowest BCUT2D eigenvalue weighted by atomic mass is 10.1. The molecule has 1 aromatic carbocycles. The van der Waals surface area contributed by atoms with Gasteiger partial charge in [-0.1, -0.05) is 29.8 Å². The summed E-state index contributed by atoms with van der Waals surface area (Å²) in [6, 6.07) is 12.9. The maximum absolute atomic E-state index is 11.7. The highest BCUT2D eigenvalue weighted by atomic mass is 35.5. The van der Waals surface area contributed by atoms with Gasteiger partial charge in [-0.3, -0.25) is 4.79 Å². The highest BCUT2D eigenvalue weighted by molar-refractivity contribution is 7.12. The van der Waals surface area contributed by atoms with E-state index in [-0.39, 0.29) is 5.91 Å². The van der Waals surface area contributed by atoms with Crippen LogP contribution >= 0.6 is 22.9 Å². The van der Waals surface area contributed by atoms with Crippen molar-refractivity contribution in [1.82, 2.24) is 5.43 Å². The van der Waals surface area contributed by atoms with Gasteiger partial charge < -0.3 is 4.42 Å². The first-order valence-electron chi connectivity index (χ1n) is 6.87. The molecule has 116 valence electrons. The SMILES string of the molecule is Cc1ccc(-c2ccc(/C=N/NC(=O)c3cccs3)o2)cc1Cl. The van der Waals surface area contributed by atoms with Crippen molar-refractivity contribution in [3.8, 4) is 11.3 Å². The van der Waals surface area contributed by atoms with E-state index >= 15 is 0 Å². The second-order valence-electron chi connectivity index (χ2n) is 4.84. The van der Waals surface area contributed by atoms with Gasteiger partial charge in [-0.25, -0.2) is 5.43 Å². The Labute approximate surface area is 142 Å². The number of nitrogens with one attached hydrogen (secondary N) is 1. The zero-order chi connectivity index (χ0) is 16.2. The molecule has 3 aromatic rings. The molecule has 0 atom stereocenters. The predicted octanol–water partition coefficient (Wildman–Crippen LogP) is 4.73. The quantitative estimate of drug-likeness (QED) is 0.549. The van der Waals surface area contributed by atoms with Crippen LogP contribution in [0.4, 0.5) is 0 Å². The van der Waals surface area contributed by atoms with E-state index in [1.807, 2.05) is 42.6 Å². The molecule has 0 unspecified atom stereocenters. The van der Waals surface area contributed by atoms with Crippen molar-refractivity contribution in [1.29, 1.82) is 0 Å². The first-order chi connectivity index (χ1) is 11.1. The monoisotopic (exact) mass is 344 g/mol. The molecule has 0 aliphatic rings. The van der Waals surface area contributed by atoms with Crippen LogP contribution in [-0.4, -0.2) is 12.1 Å². The van der Waals surface area contributed by atoms with Crippen molar-refractivity contribution < 1.29 is 9.21 Å². The Kier molecular flexibility index (Phi) is 4.60. The normalized spacial score (nSPS) is 11.0. The lowest BCUT2D eigenvalue weighted by Gasteiger charge is -2.00. The minimum Gasteiger partial charge on any atom is -0.455 e. The fraction of sp³-hybridized carbons (Fsp3) is 0.0588. The molecule has 2 aromatic heterocycles. The Morgan fingerprint density at radius 2 is 2.17 bits per heavy atom. The van der Waals surface area contributed by atoms with Gasteiger partial charge in [0.05, 0.1) is 11.1 Å². The van der Waals surface area contributed by atoms with Crippen molar-refractivity contribution in [3.05, 3.63) is 69.1 Å². The summed E-state index contributed by atoms with van der Waals surface area (Å²) in [4.78, 5) is 12.3. The number of amides is 1. The summed E-state index contributed by atoms with van der Waals surface area (Å²) in [6.07, 6.45) is 1.46. The average Bonchev–Trinajstić information content (AvgIpc) is 3.21. The summed E-state index contributed by atoms with van der Waals surface area (Å²) in [5.41, 5.74) is 4.36. The first kappa shape index (κ1) is 15.5. The van der Waals surface area contributed by atoms with E-state index in [1.165, 1.54) is 17.6 Å². The maximum Gasteiger partial charge on any atom is 0.281 e. The van der Waals surface area contributed by atoms with Crippen LogP contribution < -0.4 is 5.43 Å². The zero-order valence-corrected chi connectivity index (χ0v) is 13.8. The Morgan fingerprint density at radius 3 is 2.91 bits per heavy atom. The second-order valence-corrected chi connectivity index (χ2v) is 6.20. The van der Waals surface area contributed by atoms with Crippen molar-refractivity contribution in [3.63, 3.8) is 0 Å². The largest absolute Gasteiger partial charge is 0.455 e. The summed E-state index contributed by atoms with van der Waals surface area (Å²) in [7, 11) is 0. The van der Waals surface area contributed by atoms with Crippen molar-refractivity contribution >= 4 is 35.1 Å². The molecule has 0 saturated carbocycles. The van der Waals surface area contributed by atoms with E-state index in [4.69, 9.17) is 16.0 Å². The number of hydrazone groups is 1. The molecule has 1 amide bonds. The number of hydrogen-bond acceptors (Lipinski definition) is 4. The Bertz CT molecular complexity index is 853. The number of carbonyl (C=O) groups excluding carboxylic acids is 1. The van der Waals surface area contributed by atoms with E-state index in [0.29, 0.717) is 21.4 Å². The van der Waals surface area contributed by atoms with Crippen molar-refractivity contribution in [2.45, 2.75) is 6.92 Å². The van der Waals surface area contributed by atoms with Gasteiger partial charge in [-0.2, -0.15) is 5.10 Å². The third kappa shape index (κ3) is 3.70. The van der Waals surface area contributed by atoms with Crippen molar-refractivity contribution in [2.24, 2.45) is 5.10 Å². The average molecular weight is 345 g/mol. The summed E-state index contributed by atoms with van der Waals surface area (Å²) in [5, 5.41) is 6.43. The number of halogens is 1. The summed E-state index contributed by atoms with van der Waals surface area (Å²) >= 11 is 7.48. The van der Waals surface area contributed by atoms with E-state index in [1.54, 1.807) is 12.1 Å². The van der Waals surface area contributed by atoms with Gasteiger partial charge in [-0.15, -0.1) is 11.3 Å². The molecular weight excluding hydrogens is 332 g/mol. The van der Waals surface area contributed by atoms with Gasteiger partial charge >= 0.3 is 0 Å². The second kappa shape index (κ2) is 6.81. The molecule has 2 heterocycles. The molecule has 0 saturated heterocycles. The third-order valence-electron chi connectivity index (χ3n) is 3.19. The molecular formula is C17H13ClN2O2S. The van der Waals surface area contributed by atoms with Gasteiger partial charge in [0.1, 0.15) is 11.5 Å². The summed E-state index contributed by atoms with van der Waals surface area (Å²) in [6.45, 7) is 1.95. The van der Waals surface area contributed by atoms with Gasteiger partial charge in [-0.05, 0) is 42.1 Å². The molecule has 23 heavy (non-hydrogen) atoms. The van der Waals surface area contributed by atoms with E-state index in [9.17, 15) is 4.79 Å². The van der Waals surface area contributed by atoms with E-state index in [2.05, 4.69) is 10.5 Å². The first-order valence-corrected chi connectivity index (χ1v) is 8.12. The number of rotatable bonds is 4. The molecule has 0 fully saturated rings. The molecule has 4 nitrogen and oxygen atoms in total. The molecule has 1 N–H and O–H groups in total. The molecule has 0 bridgehead atoms. The smallest absolute Gasteiger partial charge is 0.281 e. The van der Waals surface area contributed by atoms with E-state index < -0.39 is 0 Å². The van der Waals surface area contributed by atoms with Crippen LogP contribution in [0, 0.1) is 6.92 Å². The zero-order valence-electron chi connectivity index (χ0n) is 12.2. The molecule has 3 rings (SSSR count). The van der Waals surface area contributed by atoms with Gasteiger partial charge in [0.2, 0.25) is 0 Å². The maximum atomic E-state index is 11.7. The Balaban J connectivity index is 1.68. The number of hydrogen-bond donors (Lipinski definition) is 1. The number of nitrogens with zero attached hydrogens (tertiary/aromatic N) is 1. The van der Waals surface area contributed by atoms with Crippen molar-refractivity contribution in [2.75, 3.05) is 0 Å². The number of aryl methyl sites for hydroxylation is 1. The minimum atomic E-state index is -0.242. The van der Waals surface area contributed by atoms with Gasteiger partial charge in [0.15, 0.2) is 0 Å². The molecule has 6 heteroatoms. The molecule has 0 spiro atoms. The van der Waals surface area contributed by atoms with E-state index in [0.717, 1.165) is 11.1 Å². The van der Waals surface area contributed by atoms with Crippen LogP contribution in [-0.2, 0) is 0 Å². The van der Waals surface area contributed by atoms with Crippen LogP contribution in [0.3, 0.4) is 0 Å².